The summed E-state index contributed by atoms with van der Waals surface area (Å²) < 4.78 is 9.15. The first-order valence-corrected chi connectivity index (χ1v) is 20.8. The molecular weight excluding hydrogens is 729 g/mol. The summed E-state index contributed by atoms with van der Waals surface area (Å²) in [5, 5.41) is 4.54. The minimum absolute atomic E-state index is 0.118. The maximum Gasteiger partial charge on any atom is 0.145 e. The summed E-state index contributed by atoms with van der Waals surface area (Å²) >= 11 is 0. The van der Waals surface area contributed by atoms with Crippen LogP contribution in [-0.4, -0.2) is 4.57 Å². The average molecular weight is 769 g/mol. The van der Waals surface area contributed by atoms with Crippen LogP contribution in [0.25, 0.3) is 82.8 Å². The Morgan fingerprint density at radius 3 is 1.78 bits per heavy atom. The zero-order chi connectivity index (χ0) is 40.0. The third-order valence-electron chi connectivity index (χ3n) is 12.8. The molecule has 11 aromatic rings. The second kappa shape index (κ2) is 13.2. The number of fused-ring (bicyclic) bond motifs is 10. The first-order valence-electron chi connectivity index (χ1n) is 20.8. The lowest BCUT2D eigenvalue weighted by Gasteiger charge is -2.28. The van der Waals surface area contributed by atoms with Gasteiger partial charge < -0.3 is 13.9 Å². The molecule has 3 nitrogen and oxygen atoms in total. The quantitative estimate of drug-likeness (QED) is 0.168. The van der Waals surface area contributed by atoms with Gasteiger partial charge in [0.05, 0.1) is 16.4 Å². The van der Waals surface area contributed by atoms with E-state index in [0.29, 0.717) is 0 Å². The van der Waals surface area contributed by atoms with Crippen molar-refractivity contribution >= 4 is 60.8 Å². The normalized spacial score (nSPS) is 13.0. The zero-order valence-corrected chi connectivity index (χ0v) is 33.4. The van der Waals surface area contributed by atoms with Gasteiger partial charge in [0.15, 0.2) is 0 Å². The fourth-order valence-electron chi connectivity index (χ4n) is 9.90. The Hall–Kier alpha value is -7.62. The lowest BCUT2D eigenvalue weighted by molar-refractivity contribution is 0.660. The number of nitrogens with zero attached hydrogens (tertiary/aromatic N) is 2. The van der Waals surface area contributed by atoms with E-state index in [1.807, 2.05) is 0 Å². The fourth-order valence-corrected chi connectivity index (χ4v) is 9.90. The third kappa shape index (κ3) is 5.15. The van der Waals surface area contributed by atoms with E-state index in [0.717, 1.165) is 72.2 Å². The molecule has 0 spiro atoms. The van der Waals surface area contributed by atoms with E-state index in [1.165, 1.54) is 38.8 Å². The number of anilines is 3. The van der Waals surface area contributed by atoms with Crippen LogP contribution in [0.15, 0.2) is 211 Å². The van der Waals surface area contributed by atoms with Crippen molar-refractivity contribution in [2.75, 3.05) is 4.90 Å². The second-order valence-electron chi connectivity index (χ2n) is 16.5. The molecule has 1 aliphatic carbocycles. The summed E-state index contributed by atoms with van der Waals surface area (Å²) in [6.07, 6.45) is 0. The number of rotatable bonds is 6. The monoisotopic (exact) mass is 768 g/mol. The topological polar surface area (TPSA) is 21.3 Å². The van der Waals surface area contributed by atoms with Crippen LogP contribution in [0.3, 0.4) is 0 Å². The molecule has 0 unspecified atom stereocenters. The highest BCUT2D eigenvalue weighted by molar-refractivity contribution is 6.27. The molecule has 3 heteroatoms. The fraction of sp³-hybridized carbons (Fsp3) is 0.0526. The van der Waals surface area contributed by atoms with Crippen LogP contribution in [0, 0.1) is 0 Å². The van der Waals surface area contributed by atoms with Crippen molar-refractivity contribution in [3.63, 3.8) is 0 Å². The van der Waals surface area contributed by atoms with Gasteiger partial charge in [0.2, 0.25) is 0 Å². The molecule has 12 rings (SSSR count). The van der Waals surface area contributed by atoms with Crippen LogP contribution in [0.1, 0.15) is 25.0 Å². The molecule has 0 aliphatic heterocycles. The Balaban J connectivity index is 1.06. The minimum Gasteiger partial charge on any atom is -0.455 e. The highest BCUT2D eigenvalue weighted by Crippen LogP contribution is 2.51. The van der Waals surface area contributed by atoms with Crippen molar-refractivity contribution in [3.05, 3.63) is 217 Å². The Labute approximate surface area is 349 Å². The van der Waals surface area contributed by atoms with Crippen molar-refractivity contribution in [3.8, 4) is 39.1 Å². The van der Waals surface area contributed by atoms with Crippen LogP contribution < -0.4 is 4.90 Å². The molecule has 0 amide bonds. The lowest BCUT2D eigenvalue weighted by Crippen LogP contribution is -2.16. The summed E-state index contributed by atoms with van der Waals surface area (Å²) in [5.74, 6) is 0. The number of furan rings is 1. The molecule has 284 valence electrons. The molecule has 2 heterocycles. The highest BCUT2D eigenvalue weighted by atomic mass is 16.3. The van der Waals surface area contributed by atoms with Gasteiger partial charge in [-0.15, -0.1) is 0 Å². The van der Waals surface area contributed by atoms with Crippen molar-refractivity contribution < 1.29 is 4.42 Å². The van der Waals surface area contributed by atoms with E-state index in [-0.39, 0.29) is 5.41 Å². The van der Waals surface area contributed by atoms with Gasteiger partial charge in [0.1, 0.15) is 11.2 Å². The van der Waals surface area contributed by atoms with Gasteiger partial charge in [0, 0.05) is 49.9 Å². The number of para-hydroxylation sites is 3. The second-order valence-corrected chi connectivity index (χ2v) is 16.5. The van der Waals surface area contributed by atoms with E-state index in [4.69, 9.17) is 4.42 Å². The summed E-state index contributed by atoms with van der Waals surface area (Å²) in [6.45, 7) is 4.70. The van der Waals surface area contributed by atoms with Gasteiger partial charge in [-0.05, 0) is 106 Å². The van der Waals surface area contributed by atoms with E-state index in [1.54, 1.807) is 0 Å². The summed E-state index contributed by atoms with van der Waals surface area (Å²) in [4.78, 5) is 2.40. The van der Waals surface area contributed by atoms with Gasteiger partial charge >= 0.3 is 0 Å². The number of aromatic nitrogens is 1. The molecule has 9 aromatic carbocycles. The third-order valence-corrected chi connectivity index (χ3v) is 12.8. The molecule has 60 heavy (non-hydrogen) atoms. The Kier molecular flexibility index (Phi) is 7.58. The first kappa shape index (κ1) is 34.4. The first-order chi connectivity index (χ1) is 29.5. The number of hydrogen-bond acceptors (Lipinski definition) is 2. The van der Waals surface area contributed by atoms with E-state index >= 15 is 0 Å². The molecule has 1 aliphatic rings. The van der Waals surface area contributed by atoms with E-state index in [9.17, 15) is 0 Å². The van der Waals surface area contributed by atoms with Crippen molar-refractivity contribution in [1.82, 2.24) is 4.57 Å². The minimum atomic E-state index is -0.118. The van der Waals surface area contributed by atoms with Crippen LogP contribution in [0.5, 0.6) is 0 Å². The Morgan fingerprint density at radius 1 is 0.433 bits per heavy atom. The van der Waals surface area contributed by atoms with Crippen molar-refractivity contribution in [1.29, 1.82) is 0 Å². The number of benzene rings is 9. The Bertz CT molecular complexity index is 3430. The zero-order valence-electron chi connectivity index (χ0n) is 33.4. The van der Waals surface area contributed by atoms with Crippen molar-refractivity contribution in [2.24, 2.45) is 0 Å². The van der Waals surface area contributed by atoms with E-state index < -0.39 is 0 Å². The predicted octanol–water partition coefficient (Wildman–Crippen LogP) is 15.8. The SMILES string of the molecule is CC1(C)c2ccccc2-c2ccc(N(c3ccc(-c4ccccc4)cc3)c3ccc(-c4cc5c6ccccc6oc5c5c6ccccc6n(-c6ccccc6)c45)cc3)cc21. The molecule has 0 saturated carbocycles. The molecular formula is C57H40N2O. The smallest absolute Gasteiger partial charge is 0.145 e. The maximum atomic E-state index is 6.75. The standard InChI is InChI=1S/C57H40N2O/c1-57(2)50-22-12-9-19-44(50)45-34-33-43(35-51(45)57)58(41-29-25-38(26-30-41)37-15-5-3-6-16-37)42-31-27-39(28-32-42)48-36-49-46-20-11-14-24-53(46)60-56(49)54-47-21-10-13-23-52(47)59(55(48)54)40-17-7-4-8-18-40/h3-36H,1-2H3. The molecule has 2 aromatic heterocycles. The number of hydrogen-bond donors (Lipinski definition) is 0. The van der Waals surface area contributed by atoms with Gasteiger partial charge in [-0.1, -0.05) is 153 Å². The molecule has 0 radical (unpaired) electrons. The molecule has 0 fully saturated rings. The largest absolute Gasteiger partial charge is 0.455 e. The van der Waals surface area contributed by atoms with Crippen molar-refractivity contribution in [2.45, 2.75) is 19.3 Å². The average Bonchev–Trinajstić information content (AvgIpc) is 3.93. The summed E-state index contributed by atoms with van der Waals surface area (Å²) in [5.41, 5.74) is 18.5. The molecule has 0 atom stereocenters. The molecule has 0 saturated heterocycles. The van der Waals surface area contributed by atoms with Gasteiger partial charge in [0.25, 0.3) is 0 Å². The van der Waals surface area contributed by atoms with Crippen LogP contribution in [0.2, 0.25) is 0 Å². The van der Waals surface area contributed by atoms with Gasteiger partial charge in [-0.25, -0.2) is 0 Å². The van der Waals surface area contributed by atoms with Crippen LogP contribution in [0.4, 0.5) is 17.1 Å². The summed E-state index contributed by atoms with van der Waals surface area (Å²) in [7, 11) is 0. The van der Waals surface area contributed by atoms with Gasteiger partial charge in [-0.2, -0.15) is 0 Å². The lowest BCUT2D eigenvalue weighted by atomic mass is 9.82. The molecule has 0 N–H and O–H groups in total. The van der Waals surface area contributed by atoms with Gasteiger partial charge in [-0.3, -0.25) is 0 Å². The molecule has 0 bridgehead atoms. The van der Waals surface area contributed by atoms with Crippen LogP contribution in [-0.2, 0) is 5.41 Å². The predicted molar refractivity (Wildman–Crippen MR) is 251 cm³/mol. The summed E-state index contributed by atoms with van der Waals surface area (Å²) in [6, 6.07) is 74.8. The van der Waals surface area contributed by atoms with E-state index in [2.05, 4.69) is 230 Å². The maximum absolute atomic E-state index is 6.75. The Morgan fingerprint density at radius 2 is 1.02 bits per heavy atom. The highest BCUT2D eigenvalue weighted by Gasteiger charge is 2.36. The van der Waals surface area contributed by atoms with Crippen LogP contribution >= 0.6 is 0 Å².